The van der Waals surface area contributed by atoms with Crippen molar-refractivity contribution in [2.75, 3.05) is 6.61 Å². The van der Waals surface area contributed by atoms with E-state index >= 15 is 0 Å². The van der Waals surface area contributed by atoms with Crippen molar-refractivity contribution >= 4 is 15.9 Å². The first kappa shape index (κ1) is 9.83. The first-order chi connectivity index (χ1) is 6.58. The summed E-state index contributed by atoms with van der Waals surface area (Å²) < 4.78 is 30.9. The number of aromatic nitrogens is 1. The van der Waals surface area contributed by atoms with Gasteiger partial charge in [0.15, 0.2) is 0 Å². The molecule has 1 atom stereocenters. The monoisotopic (exact) mass is 263 g/mol. The lowest BCUT2D eigenvalue weighted by atomic mass is 10.4. The molecular formula is C9H8BrF2NO. The highest BCUT2D eigenvalue weighted by Gasteiger charge is 2.57. The quantitative estimate of drug-likeness (QED) is 0.837. The number of nitrogens with zero attached hydrogens (tertiary/aromatic N) is 1. The van der Waals surface area contributed by atoms with Crippen LogP contribution >= 0.6 is 15.9 Å². The van der Waals surface area contributed by atoms with Gasteiger partial charge in [0, 0.05) is 17.1 Å². The normalized spacial score (nSPS) is 23.2. The highest BCUT2D eigenvalue weighted by atomic mass is 79.9. The van der Waals surface area contributed by atoms with E-state index in [1.165, 1.54) is 6.20 Å². The van der Waals surface area contributed by atoms with E-state index in [9.17, 15) is 8.78 Å². The number of alkyl halides is 2. The van der Waals surface area contributed by atoms with Crippen LogP contribution in [0.4, 0.5) is 8.78 Å². The molecule has 0 saturated heterocycles. The minimum Gasteiger partial charge on any atom is -0.491 e. The second-order valence-electron chi connectivity index (χ2n) is 3.31. The molecule has 0 aliphatic heterocycles. The molecule has 0 spiro atoms. The number of halogens is 3. The van der Waals surface area contributed by atoms with Crippen LogP contribution in [0.25, 0.3) is 0 Å². The van der Waals surface area contributed by atoms with E-state index in [2.05, 4.69) is 20.9 Å². The lowest BCUT2D eigenvalue weighted by Gasteiger charge is -2.04. The fourth-order valence-corrected chi connectivity index (χ4v) is 1.46. The molecule has 0 amide bonds. The van der Waals surface area contributed by atoms with Crippen molar-refractivity contribution in [1.29, 1.82) is 0 Å². The molecule has 2 rings (SSSR count). The van der Waals surface area contributed by atoms with Gasteiger partial charge in [0.05, 0.1) is 18.7 Å². The van der Waals surface area contributed by atoms with Gasteiger partial charge in [-0.2, -0.15) is 0 Å². The molecular weight excluding hydrogens is 256 g/mol. The van der Waals surface area contributed by atoms with Crippen LogP contribution in [0.5, 0.6) is 5.75 Å². The van der Waals surface area contributed by atoms with Crippen molar-refractivity contribution in [2.45, 2.75) is 12.3 Å². The molecule has 1 aromatic rings. The van der Waals surface area contributed by atoms with Gasteiger partial charge in [-0.1, -0.05) is 0 Å². The van der Waals surface area contributed by atoms with Crippen LogP contribution in [-0.4, -0.2) is 17.5 Å². The molecule has 76 valence electrons. The summed E-state index contributed by atoms with van der Waals surface area (Å²) in [5.41, 5.74) is 0. The van der Waals surface area contributed by atoms with Gasteiger partial charge in [0.1, 0.15) is 5.75 Å². The van der Waals surface area contributed by atoms with Gasteiger partial charge in [-0.15, -0.1) is 0 Å². The molecule has 1 heterocycles. The molecule has 1 aromatic heterocycles. The first-order valence-electron chi connectivity index (χ1n) is 4.19. The zero-order valence-electron chi connectivity index (χ0n) is 7.21. The smallest absolute Gasteiger partial charge is 0.255 e. The molecule has 0 radical (unpaired) electrons. The number of rotatable bonds is 3. The van der Waals surface area contributed by atoms with Gasteiger partial charge in [-0.05, 0) is 22.0 Å². The third-order valence-electron chi connectivity index (χ3n) is 2.09. The second kappa shape index (κ2) is 3.46. The predicted molar refractivity (Wildman–Crippen MR) is 50.5 cm³/mol. The number of hydrogen-bond acceptors (Lipinski definition) is 2. The molecule has 2 nitrogen and oxygen atoms in total. The molecule has 0 N–H and O–H groups in total. The Labute approximate surface area is 88.4 Å². The molecule has 1 saturated carbocycles. The summed E-state index contributed by atoms with van der Waals surface area (Å²) in [6.07, 6.45) is 3.05. The van der Waals surface area contributed by atoms with Crippen LogP contribution in [0.1, 0.15) is 6.42 Å². The standard InChI is InChI=1S/C9H8BrF2NO/c10-7-1-8(4-13-3-7)14-5-6-2-9(6,11)12/h1,3-4,6H,2,5H2. The summed E-state index contributed by atoms with van der Waals surface area (Å²) in [6, 6.07) is 1.70. The molecule has 5 heteroatoms. The van der Waals surface area contributed by atoms with Crippen molar-refractivity contribution in [3.63, 3.8) is 0 Å². The largest absolute Gasteiger partial charge is 0.491 e. The van der Waals surface area contributed by atoms with Crippen molar-refractivity contribution in [3.05, 3.63) is 22.9 Å². The lowest BCUT2D eigenvalue weighted by molar-refractivity contribution is 0.0855. The van der Waals surface area contributed by atoms with Crippen molar-refractivity contribution in [1.82, 2.24) is 4.98 Å². The summed E-state index contributed by atoms with van der Waals surface area (Å²) in [6.45, 7) is 0.0606. The van der Waals surface area contributed by atoms with Gasteiger partial charge in [0.25, 0.3) is 5.92 Å². The molecule has 0 aromatic carbocycles. The van der Waals surface area contributed by atoms with E-state index in [4.69, 9.17) is 4.74 Å². The van der Waals surface area contributed by atoms with Crippen LogP contribution in [-0.2, 0) is 0 Å². The molecule has 1 aliphatic carbocycles. The van der Waals surface area contributed by atoms with E-state index in [0.717, 1.165) is 4.47 Å². The van der Waals surface area contributed by atoms with Gasteiger partial charge in [-0.3, -0.25) is 4.98 Å². The van der Waals surface area contributed by atoms with Gasteiger partial charge in [-0.25, -0.2) is 8.78 Å². The zero-order chi connectivity index (χ0) is 10.2. The van der Waals surface area contributed by atoms with Crippen molar-refractivity contribution in [2.24, 2.45) is 5.92 Å². The zero-order valence-corrected chi connectivity index (χ0v) is 8.80. The summed E-state index contributed by atoms with van der Waals surface area (Å²) in [7, 11) is 0. The van der Waals surface area contributed by atoms with Gasteiger partial charge < -0.3 is 4.74 Å². The van der Waals surface area contributed by atoms with Crippen LogP contribution in [0.3, 0.4) is 0 Å². The summed E-state index contributed by atoms with van der Waals surface area (Å²) >= 11 is 3.22. The Bertz CT molecular complexity index is 345. The summed E-state index contributed by atoms with van der Waals surface area (Å²) in [5, 5.41) is 0. The molecule has 1 fully saturated rings. The van der Waals surface area contributed by atoms with E-state index in [1.807, 2.05) is 0 Å². The molecule has 1 unspecified atom stereocenters. The van der Waals surface area contributed by atoms with Gasteiger partial charge >= 0.3 is 0 Å². The Kier molecular flexibility index (Phi) is 2.43. The van der Waals surface area contributed by atoms with E-state index in [-0.39, 0.29) is 13.0 Å². The maximum absolute atomic E-state index is 12.5. The fraction of sp³-hybridized carbons (Fsp3) is 0.444. The van der Waals surface area contributed by atoms with Crippen molar-refractivity contribution < 1.29 is 13.5 Å². The van der Waals surface area contributed by atoms with Crippen LogP contribution < -0.4 is 4.74 Å². The minimum atomic E-state index is -2.51. The minimum absolute atomic E-state index is 0.0606. The maximum Gasteiger partial charge on any atom is 0.255 e. The third-order valence-corrected chi connectivity index (χ3v) is 2.52. The summed E-state index contributed by atoms with van der Waals surface area (Å²) in [4.78, 5) is 3.86. The third kappa shape index (κ3) is 2.20. The van der Waals surface area contributed by atoms with E-state index in [1.54, 1.807) is 12.3 Å². The SMILES string of the molecule is FC1(F)CC1COc1cncc(Br)c1. The molecule has 14 heavy (non-hydrogen) atoms. The fourth-order valence-electron chi connectivity index (χ4n) is 1.12. The topological polar surface area (TPSA) is 22.1 Å². The highest BCUT2D eigenvalue weighted by molar-refractivity contribution is 9.10. The number of hydrogen-bond donors (Lipinski definition) is 0. The molecule has 0 bridgehead atoms. The van der Waals surface area contributed by atoms with Crippen LogP contribution in [0.15, 0.2) is 22.9 Å². The van der Waals surface area contributed by atoms with Crippen LogP contribution in [0.2, 0.25) is 0 Å². The second-order valence-corrected chi connectivity index (χ2v) is 4.23. The Balaban J connectivity index is 1.87. The Morgan fingerprint density at radius 2 is 2.29 bits per heavy atom. The predicted octanol–water partition coefficient (Wildman–Crippen LogP) is 2.88. The molecule has 1 aliphatic rings. The van der Waals surface area contributed by atoms with E-state index < -0.39 is 11.8 Å². The van der Waals surface area contributed by atoms with Crippen molar-refractivity contribution in [3.8, 4) is 5.75 Å². The van der Waals surface area contributed by atoms with E-state index in [0.29, 0.717) is 5.75 Å². The number of ether oxygens (including phenoxy) is 1. The van der Waals surface area contributed by atoms with Gasteiger partial charge in [0.2, 0.25) is 0 Å². The number of pyridine rings is 1. The average molecular weight is 264 g/mol. The highest BCUT2D eigenvalue weighted by Crippen LogP contribution is 2.48. The maximum atomic E-state index is 12.5. The average Bonchev–Trinajstić information content (AvgIpc) is 2.71. The first-order valence-corrected chi connectivity index (χ1v) is 4.98. The Morgan fingerprint density at radius 3 is 2.86 bits per heavy atom. The Morgan fingerprint density at radius 1 is 1.57 bits per heavy atom. The van der Waals surface area contributed by atoms with Crippen LogP contribution in [0, 0.1) is 5.92 Å². The lowest BCUT2D eigenvalue weighted by Crippen LogP contribution is -2.05. The Hall–Kier alpha value is -0.710. The summed E-state index contributed by atoms with van der Waals surface area (Å²) in [5.74, 6) is -2.62.